The monoisotopic (exact) mass is 324 g/mol. The fourth-order valence-corrected chi connectivity index (χ4v) is 4.37. The summed E-state index contributed by atoms with van der Waals surface area (Å²) in [5.41, 5.74) is -2.67. The first kappa shape index (κ1) is 17.6. The Morgan fingerprint density at radius 3 is 1.96 bits per heavy atom. The van der Waals surface area contributed by atoms with Crippen molar-refractivity contribution in [2.45, 2.75) is 52.6 Å². The summed E-state index contributed by atoms with van der Waals surface area (Å²) < 4.78 is 10.5. The summed E-state index contributed by atoms with van der Waals surface area (Å²) >= 11 is 0. The van der Waals surface area contributed by atoms with Crippen LogP contribution in [0.3, 0.4) is 0 Å². The lowest BCUT2D eigenvalue weighted by atomic mass is 9.67. The van der Waals surface area contributed by atoms with Crippen molar-refractivity contribution in [1.82, 2.24) is 0 Å². The average Bonchev–Trinajstić information content (AvgIpc) is 2.97. The van der Waals surface area contributed by atoms with Gasteiger partial charge in [0.1, 0.15) is 17.2 Å². The molecule has 128 valence electrons. The summed E-state index contributed by atoms with van der Waals surface area (Å²) in [5.74, 6) is -3.04. The van der Waals surface area contributed by atoms with Gasteiger partial charge in [-0.25, -0.2) is 0 Å². The van der Waals surface area contributed by atoms with Gasteiger partial charge in [0.05, 0.1) is 18.9 Å². The quantitative estimate of drug-likeness (QED) is 0.578. The van der Waals surface area contributed by atoms with Crippen molar-refractivity contribution in [3.8, 4) is 0 Å². The maximum absolute atomic E-state index is 12.7. The molecule has 0 aromatic rings. The second-order valence-corrected chi connectivity index (χ2v) is 7.04. The van der Waals surface area contributed by atoms with Crippen LogP contribution in [0.5, 0.6) is 0 Å². The Balaban J connectivity index is 2.57. The summed E-state index contributed by atoms with van der Waals surface area (Å²) in [5, 5.41) is 0. The molecule has 2 aliphatic rings. The molecule has 1 heterocycles. The molecule has 1 saturated heterocycles. The van der Waals surface area contributed by atoms with E-state index >= 15 is 0 Å². The van der Waals surface area contributed by atoms with Gasteiger partial charge in [0.15, 0.2) is 5.41 Å². The molecule has 0 bridgehead atoms. The normalized spacial score (nSPS) is 36.3. The molecule has 4 atom stereocenters. The molecular formula is C17H24O6. The molecule has 1 spiro atoms. The number of ketones is 2. The Morgan fingerprint density at radius 1 is 1.13 bits per heavy atom. The maximum atomic E-state index is 12.7. The van der Waals surface area contributed by atoms with Gasteiger partial charge in [0.25, 0.3) is 0 Å². The van der Waals surface area contributed by atoms with Crippen molar-refractivity contribution in [1.29, 1.82) is 0 Å². The molecular weight excluding hydrogens is 300 g/mol. The first-order valence-electron chi connectivity index (χ1n) is 7.96. The van der Waals surface area contributed by atoms with Gasteiger partial charge < -0.3 is 9.47 Å². The minimum Gasteiger partial charge on any atom is -0.468 e. The lowest BCUT2D eigenvalue weighted by Gasteiger charge is -2.34. The fraction of sp³-hybridized carbons (Fsp3) is 0.765. The third-order valence-corrected chi connectivity index (χ3v) is 5.64. The van der Waals surface area contributed by atoms with E-state index in [1.54, 1.807) is 13.8 Å². The van der Waals surface area contributed by atoms with Gasteiger partial charge in [-0.15, -0.1) is 0 Å². The number of methoxy groups -OCH3 is 1. The zero-order valence-electron chi connectivity index (χ0n) is 14.3. The second kappa shape index (κ2) is 5.73. The molecule has 2 rings (SSSR count). The van der Waals surface area contributed by atoms with E-state index in [-0.39, 0.29) is 23.9 Å². The first-order valence-corrected chi connectivity index (χ1v) is 7.96. The molecule has 2 fully saturated rings. The van der Waals surface area contributed by atoms with Crippen molar-refractivity contribution < 1.29 is 28.7 Å². The van der Waals surface area contributed by atoms with Gasteiger partial charge in [0.2, 0.25) is 0 Å². The molecule has 1 unspecified atom stereocenters. The van der Waals surface area contributed by atoms with Crippen LogP contribution >= 0.6 is 0 Å². The van der Waals surface area contributed by atoms with E-state index in [2.05, 4.69) is 0 Å². The van der Waals surface area contributed by atoms with Crippen molar-refractivity contribution in [2.75, 3.05) is 7.11 Å². The van der Waals surface area contributed by atoms with Gasteiger partial charge in [-0.3, -0.25) is 19.2 Å². The van der Waals surface area contributed by atoms with Crippen LogP contribution in [0.15, 0.2) is 0 Å². The molecule has 6 heteroatoms. The number of hydrogen-bond donors (Lipinski definition) is 0. The predicted octanol–water partition coefficient (Wildman–Crippen LogP) is 1.69. The van der Waals surface area contributed by atoms with Gasteiger partial charge in [0, 0.05) is 6.42 Å². The topological polar surface area (TPSA) is 86.7 Å². The molecule has 6 nitrogen and oxygen atoms in total. The van der Waals surface area contributed by atoms with Crippen LogP contribution < -0.4 is 0 Å². The minimum absolute atomic E-state index is 0.0255. The molecule has 0 aromatic heterocycles. The Morgan fingerprint density at radius 2 is 1.61 bits per heavy atom. The zero-order chi connectivity index (χ0) is 17.6. The van der Waals surface area contributed by atoms with Gasteiger partial charge in [-0.2, -0.15) is 0 Å². The molecule has 23 heavy (non-hydrogen) atoms. The Bertz CT molecular complexity index is 541. The Labute approximate surface area is 135 Å². The average molecular weight is 324 g/mol. The third kappa shape index (κ3) is 2.30. The van der Waals surface area contributed by atoms with Crippen LogP contribution in [0.25, 0.3) is 0 Å². The van der Waals surface area contributed by atoms with Gasteiger partial charge in [-0.1, -0.05) is 13.8 Å². The van der Waals surface area contributed by atoms with Crippen molar-refractivity contribution >= 4 is 23.5 Å². The van der Waals surface area contributed by atoms with Crippen molar-refractivity contribution in [3.05, 3.63) is 0 Å². The SMILES string of the molecule is COC(=O)[C@]1(C(C)C)CC2(OC1=O)[C@@H](C(C)=O)CC[C@H]2C(C)=O. The zero-order valence-corrected chi connectivity index (χ0v) is 14.3. The van der Waals surface area contributed by atoms with Crippen LogP contribution in [0, 0.1) is 23.2 Å². The largest absolute Gasteiger partial charge is 0.468 e. The van der Waals surface area contributed by atoms with Crippen LogP contribution in [0.4, 0.5) is 0 Å². The number of carbonyl (C=O) groups excluding carboxylic acids is 4. The number of hydrogen-bond acceptors (Lipinski definition) is 6. The Kier molecular flexibility index (Phi) is 4.39. The van der Waals surface area contributed by atoms with E-state index in [0.717, 1.165) is 0 Å². The van der Waals surface area contributed by atoms with E-state index in [9.17, 15) is 19.2 Å². The highest BCUT2D eigenvalue weighted by molar-refractivity contribution is 6.03. The number of esters is 2. The highest BCUT2D eigenvalue weighted by Crippen LogP contribution is 2.57. The molecule has 0 amide bonds. The van der Waals surface area contributed by atoms with E-state index in [1.807, 2.05) is 0 Å². The lowest BCUT2D eigenvalue weighted by Crippen LogP contribution is -2.47. The molecule has 0 aromatic carbocycles. The molecule has 1 aliphatic carbocycles. The lowest BCUT2D eigenvalue weighted by molar-refractivity contribution is -0.169. The second-order valence-electron chi connectivity index (χ2n) is 7.04. The van der Waals surface area contributed by atoms with Gasteiger partial charge >= 0.3 is 11.9 Å². The molecule has 0 radical (unpaired) electrons. The van der Waals surface area contributed by atoms with Gasteiger partial charge in [-0.05, 0) is 32.6 Å². The van der Waals surface area contributed by atoms with E-state index in [4.69, 9.17) is 9.47 Å². The van der Waals surface area contributed by atoms with Crippen molar-refractivity contribution in [2.24, 2.45) is 23.2 Å². The van der Waals surface area contributed by atoms with Crippen LogP contribution in [-0.2, 0) is 28.7 Å². The van der Waals surface area contributed by atoms with Crippen LogP contribution in [0.2, 0.25) is 0 Å². The Hall–Kier alpha value is -1.72. The molecule has 1 aliphatic heterocycles. The maximum Gasteiger partial charge on any atom is 0.324 e. The first-order chi connectivity index (χ1) is 10.6. The number of Topliss-reactive ketones (excluding diaryl/α,β-unsaturated/α-hetero) is 2. The third-order valence-electron chi connectivity index (χ3n) is 5.64. The summed E-state index contributed by atoms with van der Waals surface area (Å²) in [6, 6.07) is 0. The van der Waals surface area contributed by atoms with E-state index in [0.29, 0.717) is 12.8 Å². The smallest absolute Gasteiger partial charge is 0.324 e. The summed E-state index contributed by atoms with van der Waals surface area (Å²) in [6.07, 6.45) is 1.00. The molecule has 1 saturated carbocycles. The fourth-order valence-electron chi connectivity index (χ4n) is 4.37. The number of rotatable bonds is 4. The number of carbonyl (C=O) groups is 4. The summed E-state index contributed by atoms with van der Waals surface area (Å²) in [4.78, 5) is 49.2. The number of ether oxygens (including phenoxy) is 2. The minimum atomic E-state index is -1.46. The predicted molar refractivity (Wildman–Crippen MR) is 80.3 cm³/mol. The van der Waals surface area contributed by atoms with E-state index in [1.165, 1.54) is 21.0 Å². The summed E-state index contributed by atoms with van der Waals surface area (Å²) in [7, 11) is 1.23. The summed E-state index contributed by atoms with van der Waals surface area (Å²) in [6.45, 7) is 6.38. The van der Waals surface area contributed by atoms with E-state index < -0.39 is 34.8 Å². The highest BCUT2D eigenvalue weighted by Gasteiger charge is 2.70. The van der Waals surface area contributed by atoms with Crippen LogP contribution in [-0.4, -0.2) is 36.2 Å². The highest BCUT2D eigenvalue weighted by atomic mass is 16.6. The molecule has 0 N–H and O–H groups in total. The standard InChI is InChI=1S/C17H24O6/c1-9(2)16(14(20)22-5)8-17(23-15(16)21)12(10(3)18)6-7-13(17)11(4)19/h9,12-13H,6-8H2,1-5H3/t12-,13+,16-,17?/m1/s1. The van der Waals surface area contributed by atoms with Crippen LogP contribution in [0.1, 0.15) is 47.0 Å². The van der Waals surface area contributed by atoms with Crippen molar-refractivity contribution in [3.63, 3.8) is 0 Å².